The second kappa shape index (κ2) is 9.65. The van der Waals surface area contributed by atoms with Crippen LogP contribution in [0.4, 0.5) is 4.39 Å². The van der Waals surface area contributed by atoms with Gasteiger partial charge in [-0.05, 0) is 30.5 Å². The maximum absolute atomic E-state index is 13.9. The minimum atomic E-state index is -1.07. The third kappa shape index (κ3) is 4.67. The average Bonchev–Trinajstić information content (AvgIpc) is 3.42. The first kappa shape index (κ1) is 23.0. The predicted molar refractivity (Wildman–Crippen MR) is 108 cm³/mol. The molecule has 2 aliphatic rings. The quantitative estimate of drug-likeness (QED) is 0.281. The zero-order valence-electron chi connectivity index (χ0n) is 17.4. The molecule has 4 amide bonds. The Hall–Kier alpha value is -2.65. The monoisotopic (exact) mass is 434 g/mol. The maximum atomic E-state index is 13.9. The molecule has 2 fully saturated rings. The second-order valence-electron chi connectivity index (χ2n) is 8.62. The summed E-state index contributed by atoms with van der Waals surface area (Å²) in [6.07, 6.45) is 5.21. The van der Waals surface area contributed by atoms with Gasteiger partial charge in [0, 0.05) is 12.8 Å². The SMILES string of the molecule is NC(=O)[C@@H]1CCC[N+]1(C(=O)c1cccc(F)c1)C(=O)[C@H](CC1CCCC1)CN(O)C=O. The average molecular weight is 434 g/mol. The Labute approximate surface area is 180 Å². The van der Waals surface area contributed by atoms with Crippen molar-refractivity contribution in [1.29, 1.82) is 0 Å². The molecule has 168 valence electrons. The van der Waals surface area contributed by atoms with E-state index in [2.05, 4.69) is 0 Å². The third-order valence-electron chi connectivity index (χ3n) is 6.65. The van der Waals surface area contributed by atoms with E-state index in [0.717, 1.165) is 31.7 Å². The highest BCUT2D eigenvalue weighted by atomic mass is 19.1. The van der Waals surface area contributed by atoms with Crippen LogP contribution in [0.25, 0.3) is 0 Å². The van der Waals surface area contributed by atoms with Crippen molar-refractivity contribution in [3.05, 3.63) is 35.6 Å². The molecule has 1 saturated carbocycles. The molecule has 1 aromatic rings. The number of quaternary nitrogens is 1. The molecule has 8 nitrogen and oxygen atoms in total. The Morgan fingerprint density at radius 2 is 1.94 bits per heavy atom. The van der Waals surface area contributed by atoms with Crippen molar-refractivity contribution in [2.75, 3.05) is 13.1 Å². The van der Waals surface area contributed by atoms with E-state index in [1.165, 1.54) is 18.2 Å². The molecule has 0 radical (unpaired) electrons. The molecule has 31 heavy (non-hydrogen) atoms. The van der Waals surface area contributed by atoms with Crippen molar-refractivity contribution in [1.82, 2.24) is 5.06 Å². The molecule has 3 rings (SSSR count). The van der Waals surface area contributed by atoms with Gasteiger partial charge in [0.2, 0.25) is 6.41 Å². The number of amides is 4. The smallest absolute Gasteiger partial charge is 0.354 e. The van der Waals surface area contributed by atoms with E-state index in [9.17, 15) is 28.8 Å². The highest BCUT2D eigenvalue weighted by Gasteiger charge is 2.58. The Kier molecular flexibility index (Phi) is 7.17. The summed E-state index contributed by atoms with van der Waals surface area (Å²) in [7, 11) is 0. The standard InChI is InChI=1S/C22H28FN3O5/c23-18-8-3-7-16(12-18)21(29)26(10-4-9-19(26)20(24)28)22(30)17(13-25(31)14-27)11-15-5-1-2-6-15/h3,7-8,12,14-15,17,19,31H,1-2,4-6,9-11,13H2,(H-,24,28)/p+1/t17-,19+,26?/m1/s1. The second-order valence-corrected chi connectivity index (χ2v) is 8.62. The van der Waals surface area contributed by atoms with E-state index < -0.39 is 40.0 Å². The zero-order valence-corrected chi connectivity index (χ0v) is 17.4. The van der Waals surface area contributed by atoms with Crippen LogP contribution in [0.2, 0.25) is 0 Å². The maximum Gasteiger partial charge on any atom is 0.354 e. The topological polar surface area (TPSA) is 118 Å². The lowest BCUT2D eigenvalue weighted by molar-refractivity contribution is -0.777. The van der Waals surface area contributed by atoms with Crippen LogP contribution in [0, 0.1) is 17.7 Å². The summed E-state index contributed by atoms with van der Waals surface area (Å²) in [4.78, 5) is 50.8. The number of halogens is 1. The highest BCUT2D eigenvalue weighted by molar-refractivity contribution is 5.99. The van der Waals surface area contributed by atoms with Gasteiger partial charge in [-0.1, -0.05) is 31.7 Å². The van der Waals surface area contributed by atoms with E-state index in [0.29, 0.717) is 17.9 Å². The number of likely N-dealkylation sites (tertiary alicyclic amines) is 1. The van der Waals surface area contributed by atoms with E-state index in [1.54, 1.807) is 0 Å². The fraction of sp³-hybridized carbons (Fsp3) is 0.545. The molecule has 0 aromatic heterocycles. The number of benzene rings is 1. The van der Waals surface area contributed by atoms with Gasteiger partial charge >= 0.3 is 11.8 Å². The van der Waals surface area contributed by atoms with Gasteiger partial charge in [0.15, 0.2) is 6.04 Å². The highest BCUT2D eigenvalue weighted by Crippen LogP contribution is 2.37. The summed E-state index contributed by atoms with van der Waals surface area (Å²) in [5.41, 5.74) is 5.58. The van der Waals surface area contributed by atoms with Crippen molar-refractivity contribution >= 4 is 24.1 Å². The number of nitrogens with zero attached hydrogens (tertiary/aromatic N) is 2. The van der Waals surface area contributed by atoms with Crippen LogP contribution in [0.1, 0.15) is 55.3 Å². The molecule has 1 saturated heterocycles. The molecule has 0 spiro atoms. The third-order valence-corrected chi connectivity index (χ3v) is 6.65. The normalized spacial score (nSPS) is 24.6. The molecule has 0 bridgehead atoms. The lowest BCUT2D eigenvalue weighted by Crippen LogP contribution is -2.65. The van der Waals surface area contributed by atoms with Crippen molar-refractivity contribution in [2.45, 2.75) is 51.0 Å². The zero-order chi connectivity index (χ0) is 22.6. The summed E-state index contributed by atoms with van der Waals surface area (Å²) in [5.74, 6) is -3.26. The minimum absolute atomic E-state index is 0.0163. The van der Waals surface area contributed by atoms with Crippen molar-refractivity contribution in [3.63, 3.8) is 0 Å². The predicted octanol–water partition coefficient (Wildman–Crippen LogP) is 2.00. The van der Waals surface area contributed by atoms with Gasteiger partial charge in [-0.3, -0.25) is 14.8 Å². The van der Waals surface area contributed by atoms with Crippen LogP contribution in [0.15, 0.2) is 24.3 Å². The molecular weight excluding hydrogens is 405 g/mol. The van der Waals surface area contributed by atoms with Crippen molar-refractivity contribution in [2.24, 2.45) is 17.6 Å². The molecular formula is C22H29FN3O5+. The molecule has 3 N–H and O–H groups in total. The lowest BCUT2D eigenvalue weighted by Gasteiger charge is -2.36. The van der Waals surface area contributed by atoms with Crippen LogP contribution < -0.4 is 5.73 Å². The fourth-order valence-electron chi connectivity index (χ4n) is 5.23. The van der Waals surface area contributed by atoms with Gasteiger partial charge in [0.1, 0.15) is 5.82 Å². The number of imide groups is 1. The van der Waals surface area contributed by atoms with Crippen LogP contribution in [-0.2, 0) is 14.4 Å². The summed E-state index contributed by atoms with van der Waals surface area (Å²) < 4.78 is 13.0. The first-order chi connectivity index (χ1) is 14.8. The van der Waals surface area contributed by atoms with Crippen LogP contribution in [0.5, 0.6) is 0 Å². The molecule has 9 heteroatoms. The minimum Gasteiger partial charge on any atom is -0.364 e. The number of rotatable bonds is 8. The summed E-state index contributed by atoms with van der Waals surface area (Å²) >= 11 is 0. The van der Waals surface area contributed by atoms with Gasteiger partial charge in [-0.25, -0.2) is 19.0 Å². The largest absolute Gasteiger partial charge is 0.364 e. The van der Waals surface area contributed by atoms with Gasteiger partial charge < -0.3 is 5.73 Å². The van der Waals surface area contributed by atoms with Gasteiger partial charge in [0.25, 0.3) is 5.91 Å². The molecule has 1 aromatic carbocycles. The molecule has 1 heterocycles. The van der Waals surface area contributed by atoms with E-state index >= 15 is 0 Å². The number of hydroxylamine groups is 2. The molecule has 1 aliphatic heterocycles. The summed E-state index contributed by atoms with van der Waals surface area (Å²) in [6, 6.07) is 3.94. The van der Waals surface area contributed by atoms with Crippen LogP contribution >= 0.6 is 0 Å². The number of nitrogens with two attached hydrogens (primary N) is 1. The van der Waals surface area contributed by atoms with Gasteiger partial charge in [-0.2, -0.15) is 4.48 Å². The number of carbonyl (C=O) groups is 4. The van der Waals surface area contributed by atoms with E-state index in [-0.39, 0.29) is 37.4 Å². The van der Waals surface area contributed by atoms with Crippen LogP contribution in [0.3, 0.4) is 0 Å². The molecule has 1 unspecified atom stereocenters. The fourth-order valence-corrected chi connectivity index (χ4v) is 5.23. The van der Waals surface area contributed by atoms with E-state index in [1.807, 2.05) is 0 Å². The Morgan fingerprint density at radius 3 is 2.55 bits per heavy atom. The lowest BCUT2D eigenvalue weighted by atomic mass is 9.90. The first-order valence-electron chi connectivity index (χ1n) is 10.7. The Morgan fingerprint density at radius 1 is 1.23 bits per heavy atom. The van der Waals surface area contributed by atoms with Crippen molar-refractivity contribution in [3.8, 4) is 0 Å². The number of hydrogen-bond acceptors (Lipinski definition) is 5. The Bertz CT molecular complexity index is 857. The summed E-state index contributed by atoms with van der Waals surface area (Å²) in [5, 5.41) is 10.2. The molecule has 1 aliphatic carbocycles. The number of carbonyl (C=O) groups excluding carboxylic acids is 4. The van der Waals surface area contributed by atoms with Gasteiger partial charge in [-0.15, -0.1) is 0 Å². The molecule has 3 atom stereocenters. The van der Waals surface area contributed by atoms with E-state index in [4.69, 9.17) is 5.73 Å². The van der Waals surface area contributed by atoms with Crippen LogP contribution in [-0.4, -0.2) is 58.0 Å². The number of primary amides is 1. The van der Waals surface area contributed by atoms with Crippen molar-refractivity contribution < 1.29 is 33.3 Å². The first-order valence-corrected chi connectivity index (χ1v) is 10.7. The number of hydrogen-bond donors (Lipinski definition) is 2. The van der Waals surface area contributed by atoms with Gasteiger partial charge in [0.05, 0.1) is 24.6 Å². The summed E-state index contributed by atoms with van der Waals surface area (Å²) in [6.45, 7) is -0.212. The Balaban J connectivity index is 2.03.